The second-order valence-electron chi connectivity index (χ2n) is 8.92. The molecule has 0 fully saturated rings. The van der Waals surface area contributed by atoms with Crippen LogP contribution < -0.4 is 39.3 Å². The number of likely N-dealkylation sites (N-methyl/N-ethyl adjacent to an activating group) is 2. The molecule has 0 atom stereocenters. The van der Waals surface area contributed by atoms with E-state index < -0.39 is 49.8 Å². The van der Waals surface area contributed by atoms with Gasteiger partial charge in [0.2, 0.25) is 11.6 Å². The molecule has 2 aromatic carbocycles. The van der Waals surface area contributed by atoms with Gasteiger partial charge in [0.25, 0.3) is 0 Å². The van der Waals surface area contributed by atoms with Gasteiger partial charge < -0.3 is 58.2 Å². The fraction of sp³-hybridized carbons (Fsp3) is 0.364. The number of rotatable bonds is 12. The van der Waals surface area contributed by atoms with E-state index in [2.05, 4.69) is 19.7 Å². The van der Waals surface area contributed by atoms with E-state index >= 15 is 0 Å². The molecule has 3 rings (SSSR count). The van der Waals surface area contributed by atoms with Crippen LogP contribution in [0.1, 0.15) is 31.8 Å². The number of hydrogen-bond acceptors (Lipinski definition) is 14. The summed E-state index contributed by atoms with van der Waals surface area (Å²) >= 11 is 0. The maximum Gasteiger partial charge on any atom is 0.200 e. The van der Waals surface area contributed by atoms with Crippen molar-refractivity contribution in [3.8, 4) is 11.5 Å². The summed E-state index contributed by atoms with van der Waals surface area (Å²) in [5.74, 6) is -3.23. The first-order valence-corrected chi connectivity index (χ1v) is 14.1. The molecule has 0 heterocycles. The predicted molar refractivity (Wildman–Crippen MR) is 130 cm³/mol. The lowest BCUT2D eigenvalue weighted by Crippen LogP contribution is -2.29. The maximum atomic E-state index is 13.8. The zero-order chi connectivity index (χ0) is 28.4. The van der Waals surface area contributed by atoms with Crippen molar-refractivity contribution >= 4 is 38.6 Å². The van der Waals surface area contributed by atoms with E-state index in [9.17, 15) is 38.3 Å². The first-order chi connectivity index (χ1) is 17.6. The number of ketones is 2. The highest BCUT2D eigenvalue weighted by Gasteiger charge is 2.39. The molecule has 16 heteroatoms. The first-order valence-electron chi connectivity index (χ1n) is 11.2. The number of nitrogens with zero attached hydrogens (tertiary/aromatic N) is 2. The van der Waals surface area contributed by atoms with Crippen LogP contribution in [0.5, 0.6) is 11.5 Å². The minimum Gasteiger partial charge on any atom is -0.780 e. The van der Waals surface area contributed by atoms with Crippen LogP contribution in [0.15, 0.2) is 24.3 Å². The van der Waals surface area contributed by atoms with Crippen LogP contribution in [-0.4, -0.2) is 75.7 Å². The van der Waals surface area contributed by atoms with Gasteiger partial charge in [-0.3, -0.25) is 9.59 Å². The third-order valence-corrected chi connectivity index (χ3v) is 6.25. The molecule has 14 nitrogen and oxygen atoms in total. The van der Waals surface area contributed by atoms with E-state index in [-0.39, 0.29) is 22.5 Å². The van der Waals surface area contributed by atoms with Crippen molar-refractivity contribution in [3.05, 3.63) is 46.5 Å². The fourth-order valence-electron chi connectivity index (χ4n) is 3.86. The zero-order valence-corrected chi connectivity index (χ0v) is 22.8. The number of hydrogen-bond donors (Lipinski definition) is 2. The smallest absolute Gasteiger partial charge is 0.200 e. The summed E-state index contributed by atoms with van der Waals surface area (Å²) in [6.07, 6.45) is 0. The molecule has 2 aromatic rings. The van der Waals surface area contributed by atoms with Crippen LogP contribution >= 0.6 is 15.6 Å². The van der Waals surface area contributed by atoms with Crippen molar-refractivity contribution in [2.75, 3.05) is 65.0 Å². The third kappa shape index (κ3) is 7.19. The molecule has 0 aromatic heterocycles. The Morgan fingerprint density at radius 2 is 1.00 bits per heavy atom. The monoisotopic (exact) mass is 568 g/mol. The Morgan fingerprint density at radius 1 is 0.658 bits per heavy atom. The zero-order valence-electron chi connectivity index (χ0n) is 21.0. The number of fused-ring (bicyclic) bond motifs is 2. The molecule has 2 N–H and O–H groups in total. The highest BCUT2D eigenvalue weighted by Crippen LogP contribution is 2.46. The van der Waals surface area contributed by atoms with Crippen LogP contribution in [0.3, 0.4) is 0 Å². The molecule has 0 aliphatic heterocycles. The highest BCUT2D eigenvalue weighted by atomic mass is 31.2. The van der Waals surface area contributed by atoms with E-state index in [1.807, 2.05) is 9.80 Å². The highest BCUT2D eigenvalue weighted by molar-refractivity contribution is 7.43. The first kappa shape index (κ1) is 29.8. The summed E-state index contributed by atoms with van der Waals surface area (Å²) in [7, 11) is -4.08. The molecule has 0 unspecified atom stereocenters. The van der Waals surface area contributed by atoms with E-state index in [4.69, 9.17) is 0 Å². The van der Waals surface area contributed by atoms with Gasteiger partial charge in [0.15, 0.2) is 0 Å². The molecule has 208 valence electrons. The second kappa shape index (κ2) is 11.5. The molecule has 0 radical (unpaired) electrons. The van der Waals surface area contributed by atoms with Gasteiger partial charge in [-0.1, -0.05) is 0 Å². The summed E-state index contributed by atoms with van der Waals surface area (Å²) in [6.45, 7) is 1.60. The van der Waals surface area contributed by atoms with Gasteiger partial charge in [-0.2, -0.15) is 0 Å². The number of carbonyl (C=O) groups is 2. The molecule has 0 saturated carbocycles. The lowest BCUT2D eigenvalue weighted by molar-refractivity contribution is -0.335. The van der Waals surface area contributed by atoms with E-state index in [1.54, 1.807) is 28.2 Å². The number of phosphoric ester groups is 2. The van der Waals surface area contributed by atoms with Gasteiger partial charge in [-0.15, -0.1) is 0 Å². The number of phosphoric acid groups is 2. The van der Waals surface area contributed by atoms with Gasteiger partial charge in [0.05, 0.1) is 22.3 Å². The number of benzene rings is 2. The topological polar surface area (TPSA) is 210 Å². The average molecular weight is 568 g/mol. The van der Waals surface area contributed by atoms with Gasteiger partial charge in [0.1, 0.15) is 27.1 Å². The molecule has 0 bridgehead atoms. The maximum absolute atomic E-state index is 13.8. The van der Waals surface area contributed by atoms with Gasteiger partial charge >= 0.3 is 0 Å². The minimum absolute atomic E-state index is 0.0918. The number of nitrogens with one attached hydrogen (secondary N) is 2. The van der Waals surface area contributed by atoms with Crippen molar-refractivity contribution in [3.63, 3.8) is 0 Å². The van der Waals surface area contributed by atoms with E-state index in [1.165, 1.54) is 12.1 Å². The van der Waals surface area contributed by atoms with Gasteiger partial charge in [0, 0.05) is 37.6 Å². The lowest BCUT2D eigenvalue weighted by atomic mass is 9.81. The van der Waals surface area contributed by atoms with Crippen molar-refractivity contribution in [1.82, 2.24) is 9.80 Å². The average Bonchev–Trinajstić information content (AvgIpc) is 2.76. The molecular formula is C22H26N4O10P2-4. The minimum atomic E-state index is -5.65. The van der Waals surface area contributed by atoms with Crippen LogP contribution in [0.2, 0.25) is 0 Å². The molecule has 0 spiro atoms. The summed E-state index contributed by atoms with van der Waals surface area (Å²) in [5, 5.41) is 5.94. The molecule has 1 aliphatic rings. The van der Waals surface area contributed by atoms with Crippen molar-refractivity contribution in [2.24, 2.45) is 0 Å². The van der Waals surface area contributed by atoms with Crippen molar-refractivity contribution in [1.29, 1.82) is 0 Å². The summed E-state index contributed by atoms with van der Waals surface area (Å²) < 4.78 is 31.9. The van der Waals surface area contributed by atoms with Crippen LogP contribution in [0.4, 0.5) is 11.4 Å². The van der Waals surface area contributed by atoms with E-state index in [0.29, 0.717) is 26.2 Å². The van der Waals surface area contributed by atoms with E-state index in [0.717, 1.165) is 12.1 Å². The Kier molecular flexibility index (Phi) is 9.02. The fourth-order valence-corrected chi connectivity index (χ4v) is 4.64. The van der Waals surface area contributed by atoms with Crippen LogP contribution in [-0.2, 0) is 9.13 Å². The number of carbonyl (C=O) groups excluding carboxylic acids is 2. The number of anilines is 2. The quantitative estimate of drug-likeness (QED) is 0.247. The Balaban J connectivity index is 2.26. The standard InChI is InChI=1S/C22H30N4O10P2/c1-25(2)11-9-23-13-5-7-15(35-37(29,30)31)19-17(13)21(27)20-16(36-38(32,33)34)8-6-14(18(20)22(19)28)24-10-12-26(3)4/h5-8,23-24H,9-12H2,1-4H3,(H2,29,30,31)(H2,32,33,34)/p-4. The normalized spacial score (nSPS) is 13.4. The van der Waals surface area contributed by atoms with Crippen LogP contribution in [0, 0.1) is 0 Å². The van der Waals surface area contributed by atoms with Gasteiger partial charge in [-0.25, -0.2) is 0 Å². The second-order valence-corrected chi connectivity index (χ2v) is 11.1. The van der Waals surface area contributed by atoms with Gasteiger partial charge in [-0.05, 0) is 52.5 Å². The Hall–Kier alpha value is -2.80. The molecule has 1 aliphatic carbocycles. The van der Waals surface area contributed by atoms with Crippen molar-refractivity contribution < 1.29 is 47.3 Å². The summed E-state index contributed by atoms with van der Waals surface area (Å²) in [4.78, 5) is 77.1. The molecule has 0 saturated heterocycles. The molecule has 38 heavy (non-hydrogen) atoms. The SMILES string of the molecule is CN(C)CCNc1ccc(OP(=O)([O-])[O-])c2c1C(=O)c1c(OP(=O)([O-])[O-])ccc(NCCN(C)C)c1C2=O. The summed E-state index contributed by atoms with van der Waals surface area (Å²) in [6, 6.07) is 4.64. The predicted octanol–water partition coefficient (Wildman–Crippen LogP) is -1.18. The lowest BCUT2D eigenvalue weighted by Gasteiger charge is -2.34. The Morgan fingerprint density at radius 3 is 1.29 bits per heavy atom. The Labute approximate surface area is 219 Å². The largest absolute Gasteiger partial charge is 0.780 e. The van der Waals surface area contributed by atoms with Crippen molar-refractivity contribution in [2.45, 2.75) is 0 Å². The molecule has 0 amide bonds. The Bertz CT molecular complexity index is 1230. The van der Waals surface area contributed by atoms with Crippen LogP contribution in [0.25, 0.3) is 0 Å². The third-order valence-electron chi connectivity index (χ3n) is 5.41. The summed E-state index contributed by atoms with van der Waals surface area (Å²) in [5.41, 5.74) is -1.57. The molecular weight excluding hydrogens is 542 g/mol.